The third-order valence-electron chi connectivity index (χ3n) is 5.18. The molecule has 106 valence electrons. The third kappa shape index (κ3) is 3.48. The zero-order chi connectivity index (χ0) is 13.0. The van der Waals surface area contributed by atoms with E-state index < -0.39 is 0 Å². The summed E-state index contributed by atoms with van der Waals surface area (Å²) in [6.07, 6.45) is 9.66. The first-order chi connectivity index (χ1) is 8.64. The summed E-state index contributed by atoms with van der Waals surface area (Å²) in [6.45, 7) is 8.11. The maximum Gasteiger partial charge on any atom is 0.0688 e. The van der Waals surface area contributed by atoms with Crippen molar-refractivity contribution >= 4 is 0 Å². The summed E-state index contributed by atoms with van der Waals surface area (Å²) in [5, 5.41) is 11.1. The summed E-state index contributed by atoms with van der Waals surface area (Å²) in [4.78, 5) is 2.55. The van der Waals surface area contributed by atoms with E-state index in [1.807, 2.05) is 0 Å². The van der Waals surface area contributed by atoms with E-state index in [9.17, 15) is 5.11 Å². The Morgan fingerprint density at radius 1 is 1.17 bits per heavy atom. The molecule has 1 aliphatic carbocycles. The van der Waals surface area contributed by atoms with Crippen molar-refractivity contribution in [3.05, 3.63) is 0 Å². The minimum Gasteiger partial charge on any atom is -0.390 e. The number of hydrogen-bond acceptors (Lipinski definition) is 2. The summed E-state index contributed by atoms with van der Waals surface area (Å²) in [7, 11) is 0. The maximum atomic E-state index is 11.1. The van der Waals surface area contributed by atoms with Gasteiger partial charge in [0.1, 0.15) is 0 Å². The summed E-state index contributed by atoms with van der Waals surface area (Å²) in [5.41, 5.74) is -0.350. The lowest BCUT2D eigenvalue weighted by Gasteiger charge is -2.40. The van der Waals surface area contributed by atoms with Gasteiger partial charge in [-0.1, -0.05) is 26.7 Å². The average Bonchev–Trinajstić information content (AvgIpc) is 2.54. The van der Waals surface area contributed by atoms with Gasteiger partial charge in [-0.15, -0.1) is 0 Å². The zero-order valence-electron chi connectivity index (χ0n) is 12.3. The molecule has 3 atom stereocenters. The van der Waals surface area contributed by atoms with Gasteiger partial charge in [0.25, 0.3) is 0 Å². The van der Waals surface area contributed by atoms with E-state index in [1.54, 1.807) is 0 Å². The van der Waals surface area contributed by atoms with Crippen LogP contribution >= 0.6 is 0 Å². The van der Waals surface area contributed by atoms with Crippen LogP contribution in [0.5, 0.6) is 0 Å². The highest BCUT2D eigenvalue weighted by atomic mass is 16.3. The Balaban J connectivity index is 1.93. The van der Waals surface area contributed by atoms with Gasteiger partial charge in [0.15, 0.2) is 0 Å². The van der Waals surface area contributed by atoms with Gasteiger partial charge in [0.05, 0.1) is 5.60 Å². The van der Waals surface area contributed by atoms with Gasteiger partial charge < -0.3 is 10.0 Å². The molecule has 3 unspecified atom stereocenters. The molecule has 1 aliphatic heterocycles. The van der Waals surface area contributed by atoms with E-state index in [0.29, 0.717) is 5.92 Å². The molecule has 2 nitrogen and oxygen atoms in total. The molecule has 2 aliphatic rings. The molecule has 2 fully saturated rings. The Kier molecular flexibility index (Phi) is 5.08. The molecule has 1 N–H and O–H groups in total. The van der Waals surface area contributed by atoms with Crippen LogP contribution in [0.1, 0.15) is 65.2 Å². The Labute approximate surface area is 113 Å². The van der Waals surface area contributed by atoms with E-state index in [0.717, 1.165) is 25.3 Å². The molecule has 2 rings (SSSR count). The molecule has 2 heteroatoms. The van der Waals surface area contributed by atoms with Crippen molar-refractivity contribution in [1.82, 2.24) is 4.90 Å². The highest BCUT2D eigenvalue weighted by molar-refractivity contribution is 4.92. The second kappa shape index (κ2) is 6.38. The van der Waals surface area contributed by atoms with Crippen molar-refractivity contribution in [2.24, 2.45) is 11.8 Å². The van der Waals surface area contributed by atoms with Gasteiger partial charge in [-0.2, -0.15) is 0 Å². The van der Waals surface area contributed by atoms with Crippen LogP contribution < -0.4 is 0 Å². The smallest absolute Gasteiger partial charge is 0.0688 e. The lowest BCUT2D eigenvalue weighted by molar-refractivity contribution is -0.0510. The second-order valence-electron chi connectivity index (χ2n) is 6.77. The van der Waals surface area contributed by atoms with Crippen LogP contribution in [0.15, 0.2) is 0 Å². The molecule has 0 aromatic heterocycles. The monoisotopic (exact) mass is 253 g/mol. The molecule has 0 amide bonds. The van der Waals surface area contributed by atoms with Crippen molar-refractivity contribution in [2.45, 2.75) is 70.8 Å². The number of rotatable bonds is 3. The molecule has 0 radical (unpaired) electrons. The Bertz CT molecular complexity index is 255. The molecule has 1 heterocycles. The van der Waals surface area contributed by atoms with E-state index in [2.05, 4.69) is 18.7 Å². The lowest BCUT2D eigenvalue weighted by Crippen LogP contribution is -2.41. The summed E-state index contributed by atoms with van der Waals surface area (Å²) in [6, 6.07) is 0. The van der Waals surface area contributed by atoms with Crippen molar-refractivity contribution < 1.29 is 5.11 Å². The standard InChI is InChI=1S/C16H31NO/c1-3-10-17-11-5-8-16(18,9-12-17)15-7-4-6-14(2)13-15/h14-15,18H,3-13H2,1-2H3. The number of nitrogens with zero attached hydrogens (tertiary/aromatic N) is 1. The van der Waals surface area contributed by atoms with E-state index in [-0.39, 0.29) is 5.60 Å². The van der Waals surface area contributed by atoms with Crippen LogP contribution in [-0.4, -0.2) is 35.2 Å². The Hall–Kier alpha value is -0.0800. The van der Waals surface area contributed by atoms with E-state index in [1.165, 1.54) is 51.6 Å². The van der Waals surface area contributed by atoms with Crippen molar-refractivity contribution in [2.75, 3.05) is 19.6 Å². The van der Waals surface area contributed by atoms with E-state index >= 15 is 0 Å². The highest BCUT2D eigenvalue weighted by Crippen LogP contribution is 2.40. The van der Waals surface area contributed by atoms with Gasteiger partial charge in [-0.05, 0) is 63.5 Å². The van der Waals surface area contributed by atoms with Crippen LogP contribution in [0.25, 0.3) is 0 Å². The lowest BCUT2D eigenvalue weighted by atomic mass is 9.70. The molecular formula is C16H31NO. The van der Waals surface area contributed by atoms with Crippen molar-refractivity contribution in [1.29, 1.82) is 0 Å². The fourth-order valence-electron chi connectivity index (χ4n) is 4.07. The Morgan fingerprint density at radius 3 is 2.72 bits per heavy atom. The fraction of sp³-hybridized carbons (Fsp3) is 1.00. The number of hydrogen-bond donors (Lipinski definition) is 1. The third-order valence-corrected chi connectivity index (χ3v) is 5.18. The largest absolute Gasteiger partial charge is 0.390 e. The predicted octanol–water partition coefficient (Wildman–Crippen LogP) is 3.44. The first-order valence-corrected chi connectivity index (χ1v) is 8.09. The van der Waals surface area contributed by atoms with Gasteiger partial charge in [0, 0.05) is 6.54 Å². The molecule has 18 heavy (non-hydrogen) atoms. The van der Waals surface area contributed by atoms with Gasteiger partial charge in [-0.3, -0.25) is 0 Å². The molecule has 0 aromatic rings. The molecular weight excluding hydrogens is 222 g/mol. The minimum atomic E-state index is -0.350. The quantitative estimate of drug-likeness (QED) is 0.833. The molecule has 0 spiro atoms. The molecule has 1 saturated carbocycles. The minimum absolute atomic E-state index is 0.350. The van der Waals surface area contributed by atoms with E-state index in [4.69, 9.17) is 0 Å². The van der Waals surface area contributed by atoms with Crippen molar-refractivity contribution in [3.63, 3.8) is 0 Å². The first-order valence-electron chi connectivity index (χ1n) is 8.09. The molecule has 0 bridgehead atoms. The van der Waals surface area contributed by atoms with Crippen LogP contribution in [0.4, 0.5) is 0 Å². The molecule has 1 saturated heterocycles. The van der Waals surface area contributed by atoms with Crippen LogP contribution in [0, 0.1) is 11.8 Å². The predicted molar refractivity (Wildman–Crippen MR) is 76.7 cm³/mol. The van der Waals surface area contributed by atoms with Gasteiger partial charge in [0.2, 0.25) is 0 Å². The van der Waals surface area contributed by atoms with Crippen molar-refractivity contribution in [3.8, 4) is 0 Å². The molecule has 0 aromatic carbocycles. The Morgan fingerprint density at radius 2 is 2.00 bits per heavy atom. The summed E-state index contributed by atoms with van der Waals surface area (Å²) < 4.78 is 0. The second-order valence-corrected chi connectivity index (χ2v) is 6.77. The normalized spacial score (nSPS) is 39.5. The first kappa shape index (κ1) is 14.3. The van der Waals surface area contributed by atoms with Crippen LogP contribution in [0.3, 0.4) is 0 Å². The maximum absolute atomic E-state index is 11.1. The SMILES string of the molecule is CCCN1CCCC(O)(C2CCCC(C)C2)CC1. The van der Waals surface area contributed by atoms with Crippen LogP contribution in [-0.2, 0) is 0 Å². The highest BCUT2D eigenvalue weighted by Gasteiger charge is 2.39. The van der Waals surface area contributed by atoms with Crippen LogP contribution in [0.2, 0.25) is 0 Å². The van der Waals surface area contributed by atoms with Gasteiger partial charge in [-0.25, -0.2) is 0 Å². The van der Waals surface area contributed by atoms with Gasteiger partial charge >= 0.3 is 0 Å². The number of likely N-dealkylation sites (tertiary alicyclic amines) is 1. The summed E-state index contributed by atoms with van der Waals surface area (Å²) in [5.74, 6) is 1.39. The fourth-order valence-corrected chi connectivity index (χ4v) is 4.07. The topological polar surface area (TPSA) is 23.5 Å². The summed E-state index contributed by atoms with van der Waals surface area (Å²) >= 11 is 0. The number of aliphatic hydroxyl groups is 1. The zero-order valence-corrected chi connectivity index (χ0v) is 12.3. The average molecular weight is 253 g/mol.